The summed E-state index contributed by atoms with van der Waals surface area (Å²) in [7, 11) is 0. The lowest BCUT2D eigenvalue weighted by atomic mass is 10.1. The molecule has 1 saturated heterocycles. The maximum Gasteiger partial charge on any atom is 0.00984 e. The quantitative estimate of drug-likeness (QED) is 0.513. The van der Waals surface area contributed by atoms with Gasteiger partial charge >= 0.3 is 0 Å². The van der Waals surface area contributed by atoms with Gasteiger partial charge in [-0.15, -0.1) is 0 Å². The molecular formula is C8H15N. The van der Waals surface area contributed by atoms with Crippen LogP contribution in [0.15, 0.2) is 0 Å². The third-order valence-corrected chi connectivity index (χ3v) is 2.93. The Labute approximate surface area is 57.0 Å². The predicted molar refractivity (Wildman–Crippen MR) is 38.4 cm³/mol. The zero-order chi connectivity index (χ0) is 6.27. The molecule has 0 spiro atoms. The standard InChI is InChI=1S/C8H15N/c1-2-9-6-7-3-4-8(9)5-7/h7-8H,2-6H2,1H3/t7-,8+/m1/s1. The van der Waals surface area contributed by atoms with Crippen LogP contribution >= 0.6 is 0 Å². The lowest BCUT2D eigenvalue weighted by molar-refractivity contribution is 0.225. The highest BCUT2D eigenvalue weighted by Crippen LogP contribution is 2.36. The van der Waals surface area contributed by atoms with Crippen LogP contribution < -0.4 is 0 Å². The third kappa shape index (κ3) is 0.787. The Morgan fingerprint density at radius 2 is 2.33 bits per heavy atom. The van der Waals surface area contributed by atoms with Crippen molar-refractivity contribution in [1.29, 1.82) is 0 Å². The van der Waals surface area contributed by atoms with Gasteiger partial charge in [0.1, 0.15) is 0 Å². The van der Waals surface area contributed by atoms with E-state index < -0.39 is 0 Å². The monoisotopic (exact) mass is 125 g/mol. The largest absolute Gasteiger partial charge is 0.300 e. The fourth-order valence-corrected chi connectivity index (χ4v) is 2.41. The lowest BCUT2D eigenvalue weighted by Gasteiger charge is -2.24. The summed E-state index contributed by atoms with van der Waals surface area (Å²) in [6, 6.07) is 0.986. The van der Waals surface area contributed by atoms with Gasteiger partial charge < -0.3 is 4.90 Å². The highest BCUT2D eigenvalue weighted by molar-refractivity contribution is 4.91. The summed E-state index contributed by atoms with van der Waals surface area (Å²) in [5, 5.41) is 0. The fourth-order valence-electron chi connectivity index (χ4n) is 2.41. The number of piperidine rings is 1. The predicted octanol–water partition coefficient (Wildman–Crippen LogP) is 1.49. The molecule has 0 amide bonds. The average Bonchev–Trinajstić information content (AvgIpc) is 2.45. The van der Waals surface area contributed by atoms with Crippen molar-refractivity contribution in [2.45, 2.75) is 32.2 Å². The number of hydrogen-bond acceptors (Lipinski definition) is 1. The van der Waals surface area contributed by atoms with E-state index in [-0.39, 0.29) is 0 Å². The van der Waals surface area contributed by atoms with E-state index >= 15 is 0 Å². The van der Waals surface area contributed by atoms with Crippen LogP contribution in [0.2, 0.25) is 0 Å². The van der Waals surface area contributed by atoms with E-state index in [1.165, 1.54) is 32.4 Å². The molecular weight excluding hydrogens is 110 g/mol. The summed E-state index contributed by atoms with van der Waals surface area (Å²) in [4.78, 5) is 2.63. The van der Waals surface area contributed by atoms with Crippen molar-refractivity contribution in [1.82, 2.24) is 4.90 Å². The molecule has 0 radical (unpaired) electrons. The van der Waals surface area contributed by atoms with Crippen LogP contribution in [0.4, 0.5) is 0 Å². The first-order chi connectivity index (χ1) is 4.40. The van der Waals surface area contributed by atoms with Gasteiger partial charge in [-0.25, -0.2) is 0 Å². The normalized spacial score (nSPS) is 42.3. The zero-order valence-electron chi connectivity index (χ0n) is 6.14. The van der Waals surface area contributed by atoms with Crippen molar-refractivity contribution in [2.24, 2.45) is 5.92 Å². The molecule has 2 aliphatic rings. The molecule has 0 unspecified atom stereocenters. The first-order valence-corrected chi connectivity index (χ1v) is 4.14. The minimum Gasteiger partial charge on any atom is -0.300 e. The van der Waals surface area contributed by atoms with Crippen molar-refractivity contribution in [3.8, 4) is 0 Å². The molecule has 0 N–H and O–H groups in total. The second-order valence-corrected chi connectivity index (χ2v) is 3.42. The lowest BCUT2D eigenvalue weighted by Crippen LogP contribution is -2.31. The van der Waals surface area contributed by atoms with Crippen LogP contribution in [-0.4, -0.2) is 24.0 Å². The molecule has 0 aromatic rings. The van der Waals surface area contributed by atoms with Gasteiger partial charge in [-0.05, 0) is 31.7 Å². The van der Waals surface area contributed by atoms with Crippen LogP contribution in [0.25, 0.3) is 0 Å². The molecule has 52 valence electrons. The molecule has 1 heterocycles. The number of likely N-dealkylation sites (tertiary alicyclic amines) is 1. The van der Waals surface area contributed by atoms with Crippen molar-refractivity contribution in [3.05, 3.63) is 0 Å². The molecule has 2 rings (SSSR count). The van der Waals surface area contributed by atoms with Crippen molar-refractivity contribution < 1.29 is 0 Å². The van der Waals surface area contributed by atoms with Gasteiger partial charge in [0.2, 0.25) is 0 Å². The Balaban J connectivity index is 2.01. The van der Waals surface area contributed by atoms with E-state index in [9.17, 15) is 0 Å². The van der Waals surface area contributed by atoms with Crippen LogP contribution in [0.3, 0.4) is 0 Å². The highest BCUT2D eigenvalue weighted by Gasteiger charge is 2.36. The van der Waals surface area contributed by atoms with Gasteiger partial charge in [-0.1, -0.05) is 6.92 Å². The first kappa shape index (κ1) is 5.72. The third-order valence-electron chi connectivity index (χ3n) is 2.93. The summed E-state index contributed by atoms with van der Waals surface area (Å²) in [6.07, 6.45) is 4.51. The SMILES string of the molecule is CCN1C[C@@H]2CC[C@H]1C2. The van der Waals surface area contributed by atoms with E-state index in [0.717, 1.165) is 12.0 Å². The van der Waals surface area contributed by atoms with E-state index in [2.05, 4.69) is 11.8 Å². The topological polar surface area (TPSA) is 3.24 Å². The Hall–Kier alpha value is -0.0400. The maximum atomic E-state index is 2.63. The van der Waals surface area contributed by atoms with E-state index in [1.807, 2.05) is 0 Å². The van der Waals surface area contributed by atoms with E-state index in [1.54, 1.807) is 0 Å². The Bertz CT molecular complexity index is 111. The van der Waals surface area contributed by atoms with Gasteiger partial charge in [-0.3, -0.25) is 0 Å². The van der Waals surface area contributed by atoms with Crippen molar-refractivity contribution >= 4 is 0 Å². The second-order valence-electron chi connectivity index (χ2n) is 3.42. The molecule has 1 nitrogen and oxygen atoms in total. The minimum absolute atomic E-state index is 0.986. The Morgan fingerprint density at radius 1 is 1.44 bits per heavy atom. The summed E-state index contributed by atoms with van der Waals surface area (Å²) >= 11 is 0. The van der Waals surface area contributed by atoms with Gasteiger partial charge in [0.25, 0.3) is 0 Å². The maximum absolute atomic E-state index is 2.63. The van der Waals surface area contributed by atoms with Crippen LogP contribution in [0.1, 0.15) is 26.2 Å². The van der Waals surface area contributed by atoms with Gasteiger partial charge in [0.05, 0.1) is 0 Å². The van der Waals surface area contributed by atoms with E-state index in [4.69, 9.17) is 0 Å². The molecule has 0 aromatic carbocycles. The summed E-state index contributed by atoms with van der Waals surface area (Å²) in [6.45, 7) is 4.96. The highest BCUT2D eigenvalue weighted by atomic mass is 15.2. The smallest absolute Gasteiger partial charge is 0.00984 e. The van der Waals surface area contributed by atoms with Crippen molar-refractivity contribution in [2.75, 3.05) is 13.1 Å². The Morgan fingerprint density at radius 3 is 2.67 bits per heavy atom. The van der Waals surface area contributed by atoms with Gasteiger partial charge in [0.15, 0.2) is 0 Å². The van der Waals surface area contributed by atoms with Crippen molar-refractivity contribution in [3.63, 3.8) is 0 Å². The fraction of sp³-hybridized carbons (Fsp3) is 1.00. The molecule has 0 aromatic heterocycles. The van der Waals surface area contributed by atoms with Gasteiger partial charge in [0, 0.05) is 12.6 Å². The molecule has 1 aliphatic carbocycles. The Kier molecular flexibility index (Phi) is 1.26. The molecule has 1 saturated carbocycles. The average molecular weight is 125 g/mol. The molecule has 1 aliphatic heterocycles. The van der Waals surface area contributed by atoms with Crippen LogP contribution in [0.5, 0.6) is 0 Å². The number of nitrogens with zero attached hydrogens (tertiary/aromatic N) is 1. The summed E-state index contributed by atoms with van der Waals surface area (Å²) < 4.78 is 0. The van der Waals surface area contributed by atoms with E-state index in [0.29, 0.717) is 0 Å². The molecule has 2 fully saturated rings. The van der Waals surface area contributed by atoms with Crippen LogP contribution in [0, 0.1) is 5.92 Å². The molecule has 1 heteroatoms. The van der Waals surface area contributed by atoms with Crippen LogP contribution in [-0.2, 0) is 0 Å². The summed E-state index contributed by atoms with van der Waals surface area (Å²) in [5.41, 5.74) is 0. The number of hydrogen-bond donors (Lipinski definition) is 0. The molecule has 9 heavy (non-hydrogen) atoms. The minimum atomic E-state index is 0.986. The zero-order valence-corrected chi connectivity index (χ0v) is 6.14. The number of rotatable bonds is 1. The second kappa shape index (κ2) is 1.98. The van der Waals surface area contributed by atoms with Gasteiger partial charge in [-0.2, -0.15) is 0 Å². The molecule has 2 atom stereocenters. The first-order valence-electron chi connectivity index (χ1n) is 4.14. The molecule has 2 bridgehead atoms. The summed E-state index contributed by atoms with van der Waals surface area (Å²) in [5.74, 6) is 1.08. The number of fused-ring (bicyclic) bond motifs is 2.